The lowest BCUT2D eigenvalue weighted by Gasteiger charge is -2.12. The Morgan fingerprint density at radius 1 is 1.04 bits per heavy atom. The number of alkyl halides is 3. The maximum atomic E-state index is 12.6. The minimum atomic E-state index is -4.33. The van der Waals surface area contributed by atoms with Crippen molar-refractivity contribution in [1.29, 1.82) is 0 Å². The summed E-state index contributed by atoms with van der Waals surface area (Å²) in [6.45, 7) is 0. The summed E-state index contributed by atoms with van der Waals surface area (Å²) < 4.78 is 37.9. The molecule has 0 spiro atoms. The van der Waals surface area contributed by atoms with Crippen LogP contribution in [0.1, 0.15) is 12.8 Å². The van der Waals surface area contributed by atoms with Crippen molar-refractivity contribution in [3.63, 3.8) is 0 Å². The van der Waals surface area contributed by atoms with E-state index in [1.165, 1.54) is 12.1 Å². The topological polar surface area (TPSA) is 62.7 Å². The molecule has 5 nitrogen and oxygen atoms in total. The number of hydrogen-bond donors (Lipinski definition) is 2. The Kier molecular flexibility index (Phi) is 5.08. The van der Waals surface area contributed by atoms with Crippen molar-refractivity contribution >= 4 is 29.2 Å². The van der Waals surface area contributed by atoms with Crippen LogP contribution in [0.5, 0.6) is 0 Å². The quantitative estimate of drug-likeness (QED) is 0.532. The van der Waals surface area contributed by atoms with E-state index in [1.807, 2.05) is 12.1 Å². The Balaban J connectivity index is 1.62. The highest BCUT2D eigenvalue weighted by Crippen LogP contribution is 2.38. The lowest BCUT2D eigenvalue weighted by atomic mass is 10.2. The summed E-state index contributed by atoms with van der Waals surface area (Å²) in [5.41, 5.74) is -2.31. The highest BCUT2D eigenvalue weighted by Gasteiger charge is 2.29. The second kappa shape index (κ2) is 7.67. The lowest BCUT2D eigenvalue weighted by Crippen LogP contribution is -2.07. The highest BCUT2D eigenvalue weighted by molar-refractivity contribution is 8.00. The first-order valence-electron chi connectivity index (χ1n) is 8.63. The minimum Gasteiger partial charge on any atom is -0.351 e. The van der Waals surface area contributed by atoms with Crippen LogP contribution in [0, 0.1) is 0 Å². The van der Waals surface area contributed by atoms with Crippen molar-refractivity contribution in [2.45, 2.75) is 29.3 Å². The van der Waals surface area contributed by atoms with E-state index in [0.717, 1.165) is 18.4 Å². The molecule has 0 saturated heterocycles. The second-order valence-corrected chi connectivity index (χ2v) is 7.46. The summed E-state index contributed by atoms with van der Waals surface area (Å²) in [6, 6.07) is 11.9. The molecule has 1 saturated carbocycles. The predicted octanol–water partition coefficient (Wildman–Crippen LogP) is 5.47. The molecule has 2 N–H and O–H groups in total. The number of halogens is 3. The van der Waals surface area contributed by atoms with Crippen molar-refractivity contribution in [3.05, 3.63) is 54.9 Å². The minimum absolute atomic E-state index is 0.107. The van der Waals surface area contributed by atoms with Crippen LogP contribution in [0.4, 0.5) is 30.6 Å². The van der Waals surface area contributed by atoms with E-state index >= 15 is 0 Å². The van der Waals surface area contributed by atoms with Crippen LogP contribution in [0.3, 0.4) is 0 Å². The number of pyridine rings is 1. The maximum absolute atomic E-state index is 12.6. The van der Waals surface area contributed by atoms with Crippen molar-refractivity contribution in [1.82, 2.24) is 15.0 Å². The molecule has 2 aromatic heterocycles. The molecule has 1 fully saturated rings. The van der Waals surface area contributed by atoms with Crippen LogP contribution in [0.25, 0.3) is 11.3 Å². The SMILES string of the molecule is FC(F)(F)Sc1cccc(Nc2cc(-c3cccnc3)nc(NC3CC3)n2)c1. The molecule has 2 heterocycles. The Hall–Kier alpha value is -2.81. The first-order valence-corrected chi connectivity index (χ1v) is 9.45. The van der Waals surface area contributed by atoms with Crippen LogP contribution in [0.2, 0.25) is 0 Å². The van der Waals surface area contributed by atoms with Crippen LogP contribution >= 0.6 is 11.8 Å². The molecule has 3 aromatic rings. The maximum Gasteiger partial charge on any atom is 0.446 e. The van der Waals surface area contributed by atoms with Crippen molar-refractivity contribution in [3.8, 4) is 11.3 Å². The number of anilines is 3. The Bertz CT molecular complexity index is 961. The number of thioether (sulfide) groups is 1. The zero-order chi connectivity index (χ0) is 19.6. The number of nitrogens with one attached hydrogen (secondary N) is 2. The van der Waals surface area contributed by atoms with Gasteiger partial charge in [0.2, 0.25) is 5.95 Å². The number of hydrogen-bond acceptors (Lipinski definition) is 6. The number of rotatable bonds is 6. The zero-order valence-corrected chi connectivity index (χ0v) is 15.4. The number of nitrogens with zero attached hydrogens (tertiary/aromatic N) is 3. The molecule has 28 heavy (non-hydrogen) atoms. The van der Waals surface area contributed by atoms with Gasteiger partial charge in [-0.25, -0.2) is 4.98 Å². The molecule has 0 unspecified atom stereocenters. The van der Waals surface area contributed by atoms with Crippen molar-refractivity contribution in [2.75, 3.05) is 10.6 Å². The predicted molar refractivity (Wildman–Crippen MR) is 104 cm³/mol. The van der Waals surface area contributed by atoms with E-state index in [2.05, 4.69) is 25.6 Å². The van der Waals surface area contributed by atoms with Gasteiger partial charge in [0.25, 0.3) is 0 Å². The fourth-order valence-corrected chi connectivity index (χ4v) is 3.17. The Morgan fingerprint density at radius 2 is 1.89 bits per heavy atom. The molecule has 9 heteroatoms. The fraction of sp³-hybridized carbons (Fsp3) is 0.211. The standard InChI is InChI=1S/C19H16F3N5S/c20-19(21,22)28-15-5-1-4-14(9-15)24-17-10-16(12-3-2-8-23-11-12)26-18(27-17)25-13-6-7-13/h1-5,8-11,13H,6-7H2,(H2,24,25,26,27). The molecule has 0 bridgehead atoms. The van der Waals surface area contributed by atoms with Crippen LogP contribution in [0.15, 0.2) is 59.8 Å². The third-order valence-electron chi connectivity index (χ3n) is 3.93. The van der Waals surface area contributed by atoms with Gasteiger partial charge in [0.05, 0.1) is 5.69 Å². The number of benzene rings is 1. The first kappa shape index (κ1) is 18.5. The zero-order valence-electron chi connectivity index (χ0n) is 14.6. The molecule has 1 aliphatic carbocycles. The largest absolute Gasteiger partial charge is 0.446 e. The fourth-order valence-electron chi connectivity index (χ4n) is 2.57. The van der Waals surface area contributed by atoms with Gasteiger partial charge in [-0.2, -0.15) is 18.2 Å². The smallest absolute Gasteiger partial charge is 0.351 e. The van der Waals surface area contributed by atoms with Gasteiger partial charge >= 0.3 is 5.51 Å². The Morgan fingerprint density at radius 3 is 2.61 bits per heavy atom. The summed E-state index contributed by atoms with van der Waals surface area (Å²) in [7, 11) is 0. The van der Waals surface area contributed by atoms with Gasteiger partial charge < -0.3 is 10.6 Å². The van der Waals surface area contributed by atoms with Gasteiger partial charge in [0, 0.05) is 40.6 Å². The van der Waals surface area contributed by atoms with Gasteiger partial charge in [-0.1, -0.05) is 6.07 Å². The second-order valence-electron chi connectivity index (χ2n) is 6.32. The van der Waals surface area contributed by atoms with Crippen molar-refractivity contribution in [2.24, 2.45) is 0 Å². The first-order chi connectivity index (χ1) is 13.4. The van der Waals surface area contributed by atoms with Crippen LogP contribution in [-0.2, 0) is 0 Å². The molecule has 1 aromatic carbocycles. The molecule has 1 aliphatic rings. The molecule has 0 amide bonds. The molecule has 0 radical (unpaired) electrons. The van der Waals surface area contributed by atoms with E-state index < -0.39 is 5.51 Å². The van der Waals surface area contributed by atoms with Crippen molar-refractivity contribution < 1.29 is 13.2 Å². The van der Waals surface area contributed by atoms with E-state index in [1.54, 1.807) is 30.6 Å². The van der Waals surface area contributed by atoms with E-state index in [4.69, 9.17) is 0 Å². The van der Waals surface area contributed by atoms with Crippen LogP contribution < -0.4 is 10.6 Å². The third kappa shape index (κ3) is 5.13. The summed E-state index contributed by atoms with van der Waals surface area (Å²) in [6.07, 6.45) is 5.52. The summed E-state index contributed by atoms with van der Waals surface area (Å²) in [5.74, 6) is 0.971. The van der Waals surface area contributed by atoms with Gasteiger partial charge in [0.1, 0.15) is 5.82 Å². The monoisotopic (exact) mass is 403 g/mol. The molecule has 0 atom stereocenters. The molecular formula is C19H16F3N5S. The van der Waals surface area contributed by atoms with E-state index in [-0.39, 0.29) is 16.7 Å². The third-order valence-corrected chi connectivity index (χ3v) is 4.66. The van der Waals surface area contributed by atoms with Gasteiger partial charge in [-0.15, -0.1) is 0 Å². The Labute approximate surface area is 163 Å². The molecule has 0 aliphatic heterocycles. The summed E-state index contributed by atoms with van der Waals surface area (Å²) >= 11 is -0.148. The van der Waals surface area contributed by atoms with Crippen LogP contribution in [-0.4, -0.2) is 26.5 Å². The lowest BCUT2D eigenvalue weighted by molar-refractivity contribution is -0.0328. The van der Waals surface area contributed by atoms with Gasteiger partial charge in [0.15, 0.2) is 0 Å². The normalized spacial score (nSPS) is 14.0. The average molecular weight is 403 g/mol. The van der Waals surface area contributed by atoms with E-state index in [9.17, 15) is 13.2 Å². The van der Waals surface area contributed by atoms with Gasteiger partial charge in [-0.05, 0) is 54.9 Å². The summed E-state index contributed by atoms with van der Waals surface area (Å²) in [4.78, 5) is 13.2. The average Bonchev–Trinajstić information content (AvgIpc) is 3.45. The number of aromatic nitrogens is 3. The van der Waals surface area contributed by atoms with Gasteiger partial charge in [-0.3, -0.25) is 4.98 Å². The van der Waals surface area contributed by atoms with E-state index in [0.29, 0.717) is 29.2 Å². The highest BCUT2D eigenvalue weighted by atomic mass is 32.2. The molecule has 144 valence electrons. The summed E-state index contributed by atoms with van der Waals surface area (Å²) in [5, 5.41) is 6.34. The molecular weight excluding hydrogens is 387 g/mol. The molecule has 4 rings (SSSR count).